The standard InChI is InChI=1S/C22H28N4O3/c23-16-6-14-8-17(9-15(14)7-16)24-10-12-1-2-13-11-26(22(29)18(13)5-12)19-3-4-20(27)25-21(19)28/h1-2,5,14-17,19,24H,3-4,6-11,23H2,(H,25,27,28). The quantitative estimate of drug-likeness (QED) is 0.660. The maximum absolute atomic E-state index is 12.9. The van der Waals surface area contributed by atoms with Gasteiger partial charge < -0.3 is 16.0 Å². The Hall–Kier alpha value is -2.25. The number of nitrogens with one attached hydrogen (secondary N) is 2. The molecule has 5 rings (SSSR count). The zero-order valence-electron chi connectivity index (χ0n) is 16.5. The summed E-state index contributed by atoms with van der Waals surface area (Å²) in [7, 11) is 0. The molecule has 1 aromatic rings. The van der Waals surface area contributed by atoms with Gasteiger partial charge in [-0.05, 0) is 61.1 Å². The predicted octanol–water partition coefficient (Wildman–Crippen LogP) is 1.05. The number of amides is 3. The summed E-state index contributed by atoms with van der Waals surface area (Å²) in [5.74, 6) is 0.802. The van der Waals surface area contributed by atoms with Crippen LogP contribution in [0, 0.1) is 11.8 Å². The van der Waals surface area contributed by atoms with Gasteiger partial charge in [-0.2, -0.15) is 0 Å². The summed E-state index contributed by atoms with van der Waals surface area (Å²) in [5.41, 5.74) is 8.81. The second-order valence-corrected chi connectivity index (χ2v) is 9.19. The Bertz CT molecular complexity index is 856. The Balaban J connectivity index is 1.22. The molecule has 4 aliphatic rings. The Morgan fingerprint density at radius 3 is 2.59 bits per heavy atom. The molecule has 4 N–H and O–H groups in total. The van der Waals surface area contributed by atoms with Crippen LogP contribution >= 0.6 is 0 Å². The lowest BCUT2D eigenvalue weighted by molar-refractivity contribution is -0.136. The fourth-order valence-electron chi connectivity index (χ4n) is 5.80. The van der Waals surface area contributed by atoms with Gasteiger partial charge in [0.2, 0.25) is 11.8 Å². The largest absolute Gasteiger partial charge is 0.328 e. The van der Waals surface area contributed by atoms with Crippen LogP contribution in [0.1, 0.15) is 60.0 Å². The summed E-state index contributed by atoms with van der Waals surface area (Å²) in [6, 6.07) is 6.39. The molecule has 154 valence electrons. The average Bonchev–Trinajstić information content (AvgIpc) is 3.31. The second-order valence-electron chi connectivity index (χ2n) is 9.19. The summed E-state index contributed by atoms with van der Waals surface area (Å²) in [6.07, 6.45) is 5.39. The van der Waals surface area contributed by atoms with Crippen LogP contribution in [0.25, 0.3) is 0 Å². The molecule has 3 amide bonds. The fourth-order valence-corrected chi connectivity index (χ4v) is 5.80. The summed E-state index contributed by atoms with van der Waals surface area (Å²) >= 11 is 0. The number of imide groups is 1. The summed E-state index contributed by atoms with van der Waals surface area (Å²) < 4.78 is 0. The molecule has 0 aromatic heterocycles. The normalized spacial score (nSPS) is 33.8. The zero-order valence-corrected chi connectivity index (χ0v) is 16.5. The van der Waals surface area contributed by atoms with E-state index in [2.05, 4.69) is 16.7 Å². The molecular formula is C22H28N4O3. The molecule has 2 aliphatic heterocycles. The van der Waals surface area contributed by atoms with E-state index in [1.165, 1.54) is 12.8 Å². The number of carbonyl (C=O) groups excluding carboxylic acids is 3. The van der Waals surface area contributed by atoms with Crippen molar-refractivity contribution >= 4 is 17.7 Å². The van der Waals surface area contributed by atoms with Crippen LogP contribution in [0.2, 0.25) is 0 Å². The average molecular weight is 396 g/mol. The van der Waals surface area contributed by atoms with Gasteiger partial charge in [-0.1, -0.05) is 12.1 Å². The number of fused-ring (bicyclic) bond motifs is 2. The van der Waals surface area contributed by atoms with Crippen LogP contribution in [0.5, 0.6) is 0 Å². The van der Waals surface area contributed by atoms with E-state index in [1.807, 2.05) is 12.1 Å². The highest BCUT2D eigenvalue weighted by atomic mass is 16.2. The van der Waals surface area contributed by atoms with Crippen molar-refractivity contribution < 1.29 is 14.4 Å². The van der Waals surface area contributed by atoms with Crippen molar-refractivity contribution in [1.82, 2.24) is 15.5 Å². The topological polar surface area (TPSA) is 105 Å². The SMILES string of the molecule is NC1CC2CC(NCc3ccc4c(c3)C(=O)N(C3CCC(=O)NC3=O)C4)CC2C1. The third-order valence-corrected chi connectivity index (χ3v) is 7.24. The van der Waals surface area contributed by atoms with Crippen molar-refractivity contribution in [3.63, 3.8) is 0 Å². The molecule has 0 bridgehead atoms. The predicted molar refractivity (Wildman–Crippen MR) is 107 cm³/mol. The lowest BCUT2D eigenvalue weighted by Gasteiger charge is -2.29. The molecule has 3 fully saturated rings. The van der Waals surface area contributed by atoms with Gasteiger partial charge in [-0.15, -0.1) is 0 Å². The highest BCUT2D eigenvalue weighted by Gasteiger charge is 2.41. The summed E-state index contributed by atoms with van der Waals surface area (Å²) in [4.78, 5) is 38.1. The minimum atomic E-state index is -0.557. The molecular weight excluding hydrogens is 368 g/mol. The molecule has 0 radical (unpaired) electrons. The Kier molecular flexibility index (Phi) is 4.67. The highest BCUT2D eigenvalue weighted by Crippen LogP contribution is 2.43. The Morgan fingerprint density at radius 2 is 1.86 bits per heavy atom. The lowest BCUT2D eigenvalue weighted by atomic mass is 10.0. The third-order valence-electron chi connectivity index (χ3n) is 7.24. The van der Waals surface area contributed by atoms with Gasteiger partial charge >= 0.3 is 0 Å². The third kappa shape index (κ3) is 3.46. The zero-order chi connectivity index (χ0) is 20.1. The molecule has 1 saturated heterocycles. The van der Waals surface area contributed by atoms with Gasteiger partial charge in [0, 0.05) is 37.2 Å². The number of hydrogen-bond acceptors (Lipinski definition) is 5. The molecule has 3 atom stereocenters. The highest BCUT2D eigenvalue weighted by molar-refractivity contribution is 6.05. The van der Waals surface area contributed by atoms with E-state index in [-0.39, 0.29) is 24.1 Å². The van der Waals surface area contributed by atoms with Crippen molar-refractivity contribution in [3.05, 3.63) is 34.9 Å². The van der Waals surface area contributed by atoms with Crippen LogP contribution in [0.15, 0.2) is 18.2 Å². The van der Waals surface area contributed by atoms with Crippen LogP contribution in [-0.2, 0) is 22.7 Å². The molecule has 0 spiro atoms. The minimum absolute atomic E-state index is 0.110. The van der Waals surface area contributed by atoms with Crippen LogP contribution in [-0.4, -0.2) is 40.7 Å². The van der Waals surface area contributed by atoms with E-state index in [0.717, 1.165) is 42.3 Å². The molecule has 2 aliphatic carbocycles. The molecule has 3 unspecified atom stereocenters. The van der Waals surface area contributed by atoms with Gasteiger partial charge in [-0.25, -0.2) is 0 Å². The van der Waals surface area contributed by atoms with Gasteiger partial charge in [0.05, 0.1) is 0 Å². The van der Waals surface area contributed by atoms with E-state index in [0.29, 0.717) is 30.6 Å². The number of carbonyl (C=O) groups is 3. The fraction of sp³-hybridized carbons (Fsp3) is 0.591. The van der Waals surface area contributed by atoms with Gasteiger partial charge in [0.1, 0.15) is 6.04 Å². The lowest BCUT2D eigenvalue weighted by Crippen LogP contribution is -2.52. The first-order valence-corrected chi connectivity index (χ1v) is 10.7. The smallest absolute Gasteiger partial charge is 0.255 e. The number of rotatable bonds is 4. The van der Waals surface area contributed by atoms with E-state index in [1.54, 1.807) is 4.90 Å². The van der Waals surface area contributed by atoms with Crippen LogP contribution in [0.3, 0.4) is 0 Å². The molecule has 7 heteroatoms. The van der Waals surface area contributed by atoms with E-state index in [9.17, 15) is 14.4 Å². The van der Waals surface area contributed by atoms with E-state index in [4.69, 9.17) is 5.73 Å². The number of nitrogens with two attached hydrogens (primary N) is 1. The Labute approximate surface area is 170 Å². The number of piperidine rings is 1. The van der Waals surface area contributed by atoms with Gasteiger partial charge in [0.15, 0.2) is 0 Å². The first-order valence-electron chi connectivity index (χ1n) is 10.7. The van der Waals surface area contributed by atoms with Crippen molar-refractivity contribution in [1.29, 1.82) is 0 Å². The number of hydrogen-bond donors (Lipinski definition) is 3. The first-order chi connectivity index (χ1) is 14.0. The summed E-state index contributed by atoms with van der Waals surface area (Å²) in [6.45, 7) is 1.18. The first kappa shape index (κ1) is 18.8. The van der Waals surface area contributed by atoms with Crippen molar-refractivity contribution in [2.24, 2.45) is 17.6 Å². The van der Waals surface area contributed by atoms with E-state index >= 15 is 0 Å². The molecule has 2 saturated carbocycles. The van der Waals surface area contributed by atoms with Crippen molar-refractivity contribution in [3.8, 4) is 0 Å². The maximum Gasteiger partial charge on any atom is 0.255 e. The second kappa shape index (κ2) is 7.22. The van der Waals surface area contributed by atoms with Crippen molar-refractivity contribution in [2.45, 2.75) is 69.7 Å². The monoisotopic (exact) mass is 396 g/mol. The van der Waals surface area contributed by atoms with Crippen LogP contribution < -0.4 is 16.4 Å². The molecule has 29 heavy (non-hydrogen) atoms. The number of benzene rings is 1. The molecule has 1 aromatic carbocycles. The van der Waals surface area contributed by atoms with E-state index < -0.39 is 6.04 Å². The summed E-state index contributed by atoms with van der Waals surface area (Å²) in [5, 5.41) is 6.01. The van der Waals surface area contributed by atoms with Gasteiger partial charge in [0.25, 0.3) is 5.91 Å². The molecule has 7 nitrogen and oxygen atoms in total. The van der Waals surface area contributed by atoms with Crippen molar-refractivity contribution in [2.75, 3.05) is 0 Å². The maximum atomic E-state index is 12.9. The minimum Gasteiger partial charge on any atom is -0.328 e. The van der Waals surface area contributed by atoms with Gasteiger partial charge in [-0.3, -0.25) is 19.7 Å². The Morgan fingerprint density at radius 1 is 1.10 bits per heavy atom. The van der Waals surface area contributed by atoms with Crippen LogP contribution in [0.4, 0.5) is 0 Å². The molecule has 2 heterocycles. The number of nitrogens with zero attached hydrogens (tertiary/aromatic N) is 1.